The molecule has 3 rings (SSSR count). The summed E-state index contributed by atoms with van der Waals surface area (Å²) in [4.78, 5) is 0. The Morgan fingerprint density at radius 2 is 0.667 bits per heavy atom. The molecule has 3 aliphatic rings. The lowest BCUT2D eigenvalue weighted by Crippen LogP contribution is -2.27. The quantitative estimate of drug-likeness (QED) is 0.622. The van der Waals surface area contributed by atoms with E-state index in [4.69, 9.17) is 17.2 Å². The number of nitrogens with two attached hydrogens (primary N) is 3. The fourth-order valence-electron chi connectivity index (χ4n) is 2.53. The van der Waals surface area contributed by atoms with Crippen LogP contribution < -0.4 is 17.2 Å². The van der Waals surface area contributed by atoms with Crippen molar-refractivity contribution >= 4 is 0 Å². The van der Waals surface area contributed by atoms with Crippen LogP contribution >= 0.6 is 0 Å². The average molecular weight is 255 g/mol. The van der Waals surface area contributed by atoms with Crippen molar-refractivity contribution in [1.29, 1.82) is 0 Å². The highest BCUT2D eigenvalue weighted by molar-refractivity contribution is 4.70. The number of hydrogen-bond acceptors (Lipinski definition) is 3. The zero-order chi connectivity index (χ0) is 13.2. The van der Waals surface area contributed by atoms with E-state index in [1.165, 1.54) is 77.0 Å². The van der Waals surface area contributed by atoms with Crippen molar-refractivity contribution in [2.75, 3.05) is 0 Å². The highest BCUT2D eigenvalue weighted by Crippen LogP contribution is 2.15. The second-order valence-corrected chi connectivity index (χ2v) is 6.13. The van der Waals surface area contributed by atoms with Crippen LogP contribution in [0.3, 0.4) is 0 Å². The summed E-state index contributed by atoms with van der Waals surface area (Å²) in [6.07, 6.45) is 15.8. The highest BCUT2D eigenvalue weighted by Gasteiger charge is 2.10. The van der Waals surface area contributed by atoms with Gasteiger partial charge in [-0.1, -0.05) is 38.5 Å². The molecule has 3 fully saturated rings. The maximum Gasteiger partial charge on any atom is 0.00388 e. The topological polar surface area (TPSA) is 78.1 Å². The molecular weight excluding hydrogens is 222 g/mol. The summed E-state index contributed by atoms with van der Waals surface area (Å²) in [5.41, 5.74) is 16.5. The maximum atomic E-state index is 5.63. The Bertz CT molecular complexity index is 180. The lowest BCUT2D eigenvalue weighted by atomic mass is 9.95. The van der Waals surface area contributed by atoms with Gasteiger partial charge in [-0.2, -0.15) is 0 Å². The molecule has 3 aliphatic carbocycles. The monoisotopic (exact) mass is 255 g/mol. The first kappa shape index (κ1) is 15.9. The van der Waals surface area contributed by atoms with E-state index >= 15 is 0 Å². The van der Waals surface area contributed by atoms with E-state index < -0.39 is 0 Å². The van der Waals surface area contributed by atoms with E-state index in [2.05, 4.69) is 0 Å². The van der Waals surface area contributed by atoms with Crippen molar-refractivity contribution < 1.29 is 0 Å². The van der Waals surface area contributed by atoms with Gasteiger partial charge in [-0.25, -0.2) is 0 Å². The molecule has 3 heteroatoms. The first-order valence-corrected chi connectivity index (χ1v) is 7.95. The molecule has 0 saturated heterocycles. The molecule has 18 heavy (non-hydrogen) atoms. The van der Waals surface area contributed by atoms with Gasteiger partial charge in [0.25, 0.3) is 0 Å². The summed E-state index contributed by atoms with van der Waals surface area (Å²) < 4.78 is 0. The van der Waals surface area contributed by atoms with Crippen LogP contribution in [0.2, 0.25) is 0 Å². The summed E-state index contributed by atoms with van der Waals surface area (Å²) in [7, 11) is 0. The van der Waals surface area contributed by atoms with Crippen molar-refractivity contribution in [3.63, 3.8) is 0 Å². The van der Waals surface area contributed by atoms with Gasteiger partial charge in [0.05, 0.1) is 0 Å². The molecule has 0 spiro atoms. The molecule has 3 saturated carbocycles. The van der Waals surface area contributed by atoms with Gasteiger partial charge in [0, 0.05) is 18.1 Å². The van der Waals surface area contributed by atoms with Crippen molar-refractivity contribution in [3.8, 4) is 0 Å². The largest absolute Gasteiger partial charge is 0.328 e. The van der Waals surface area contributed by atoms with Crippen LogP contribution in [0.15, 0.2) is 0 Å². The standard InChI is InChI=1S/C6H13N.C5H11N.C4H9N/c7-6-4-2-1-3-5-6;6-5-3-1-2-4-5;5-4-2-1-3-4/h6H,1-5,7H2;5H,1-4,6H2;4H,1-3,5H2. The van der Waals surface area contributed by atoms with Crippen LogP contribution in [0.5, 0.6) is 0 Å². The predicted molar refractivity (Wildman–Crippen MR) is 79.3 cm³/mol. The van der Waals surface area contributed by atoms with E-state index in [0.717, 1.165) is 0 Å². The Hall–Kier alpha value is -0.120. The number of rotatable bonds is 0. The molecule has 3 nitrogen and oxygen atoms in total. The summed E-state index contributed by atoms with van der Waals surface area (Å²) in [5.74, 6) is 0. The Kier molecular flexibility index (Phi) is 8.64. The zero-order valence-electron chi connectivity index (χ0n) is 11.9. The van der Waals surface area contributed by atoms with Crippen molar-refractivity contribution in [3.05, 3.63) is 0 Å². The molecule has 0 bridgehead atoms. The smallest absolute Gasteiger partial charge is 0.00388 e. The summed E-state index contributed by atoms with van der Waals surface area (Å²) >= 11 is 0. The average Bonchev–Trinajstić information content (AvgIpc) is 2.80. The zero-order valence-corrected chi connectivity index (χ0v) is 11.9. The van der Waals surface area contributed by atoms with Crippen LogP contribution in [0.1, 0.15) is 77.0 Å². The van der Waals surface area contributed by atoms with Crippen LogP contribution in [0.4, 0.5) is 0 Å². The summed E-state index contributed by atoms with van der Waals surface area (Å²) in [6.45, 7) is 0. The van der Waals surface area contributed by atoms with Crippen molar-refractivity contribution in [1.82, 2.24) is 0 Å². The third-order valence-electron chi connectivity index (χ3n) is 4.20. The minimum absolute atomic E-state index is 0.536. The predicted octanol–water partition coefficient (Wildman–Crippen LogP) is 2.66. The number of hydrogen-bond donors (Lipinski definition) is 3. The Morgan fingerprint density at radius 1 is 0.389 bits per heavy atom. The molecule has 6 N–H and O–H groups in total. The van der Waals surface area contributed by atoms with Crippen LogP contribution in [-0.2, 0) is 0 Å². The second kappa shape index (κ2) is 9.76. The van der Waals surface area contributed by atoms with E-state index in [9.17, 15) is 0 Å². The first-order chi connectivity index (χ1) is 8.68. The lowest BCUT2D eigenvalue weighted by Gasteiger charge is -2.18. The molecule has 0 amide bonds. The SMILES string of the molecule is NC1CCC1.NC1CCCC1.NC1CCCCC1. The van der Waals surface area contributed by atoms with Crippen molar-refractivity contribution in [2.24, 2.45) is 17.2 Å². The van der Waals surface area contributed by atoms with Gasteiger partial charge in [-0.3, -0.25) is 0 Å². The van der Waals surface area contributed by atoms with Crippen LogP contribution in [-0.4, -0.2) is 18.1 Å². The van der Waals surface area contributed by atoms with Gasteiger partial charge in [-0.05, 0) is 38.5 Å². The normalized spacial score (nSPS) is 25.5. The highest BCUT2D eigenvalue weighted by atomic mass is 14.6. The third-order valence-corrected chi connectivity index (χ3v) is 4.20. The first-order valence-electron chi connectivity index (χ1n) is 7.95. The molecule has 0 atom stereocenters. The van der Waals surface area contributed by atoms with E-state index in [1.54, 1.807) is 0 Å². The van der Waals surface area contributed by atoms with E-state index in [0.29, 0.717) is 18.1 Å². The van der Waals surface area contributed by atoms with Gasteiger partial charge in [0.2, 0.25) is 0 Å². The Labute approximate surface area is 113 Å². The molecular formula is C15H33N3. The van der Waals surface area contributed by atoms with Crippen molar-refractivity contribution in [2.45, 2.75) is 95.2 Å². The van der Waals surface area contributed by atoms with E-state index in [1.807, 2.05) is 0 Å². The Morgan fingerprint density at radius 3 is 0.833 bits per heavy atom. The van der Waals surface area contributed by atoms with Gasteiger partial charge in [0.15, 0.2) is 0 Å². The molecule has 0 aromatic carbocycles. The maximum absolute atomic E-state index is 5.63. The molecule has 0 radical (unpaired) electrons. The van der Waals surface area contributed by atoms with Gasteiger partial charge < -0.3 is 17.2 Å². The molecule has 0 aliphatic heterocycles. The van der Waals surface area contributed by atoms with Gasteiger partial charge in [0.1, 0.15) is 0 Å². The fraction of sp³-hybridized carbons (Fsp3) is 1.00. The van der Waals surface area contributed by atoms with E-state index in [-0.39, 0.29) is 0 Å². The minimum atomic E-state index is 0.536. The molecule has 0 heterocycles. The van der Waals surface area contributed by atoms with Crippen LogP contribution in [0.25, 0.3) is 0 Å². The summed E-state index contributed by atoms with van der Waals surface area (Å²) in [6, 6.07) is 1.65. The molecule has 0 unspecified atom stereocenters. The summed E-state index contributed by atoms with van der Waals surface area (Å²) in [5, 5.41) is 0. The lowest BCUT2D eigenvalue weighted by molar-refractivity contribution is 0.418. The third kappa shape index (κ3) is 8.06. The van der Waals surface area contributed by atoms with Crippen LogP contribution in [0, 0.1) is 0 Å². The minimum Gasteiger partial charge on any atom is -0.328 e. The molecule has 108 valence electrons. The second-order valence-electron chi connectivity index (χ2n) is 6.13. The fourth-order valence-corrected chi connectivity index (χ4v) is 2.53. The molecule has 0 aromatic rings. The van der Waals surface area contributed by atoms with Gasteiger partial charge >= 0.3 is 0 Å². The van der Waals surface area contributed by atoms with Gasteiger partial charge in [-0.15, -0.1) is 0 Å². The Balaban J connectivity index is 0.000000137. The molecule has 0 aromatic heterocycles.